The number of hydrogen-bond acceptors (Lipinski definition) is 6. The Hall–Kier alpha value is -2.11. The lowest BCUT2D eigenvalue weighted by atomic mass is 10.1. The van der Waals surface area contributed by atoms with Crippen LogP contribution in [0.4, 0.5) is 13.2 Å². The van der Waals surface area contributed by atoms with Crippen molar-refractivity contribution < 1.29 is 27.8 Å². The normalized spacial score (nSPS) is 20.1. The van der Waals surface area contributed by atoms with E-state index < -0.39 is 29.0 Å². The van der Waals surface area contributed by atoms with E-state index in [1.165, 1.54) is 30.5 Å². The SMILES string of the molecule is CC1OCC1OC(Sc1cncc(Cl)c1)[C@@H](O)Cn1cnc(-c2cc(F)c(F)c(F)c2)c1. The van der Waals surface area contributed by atoms with Crippen molar-refractivity contribution in [2.75, 3.05) is 6.61 Å². The van der Waals surface area contributed by atoms with Crippen LogP contribution in [0.25, 0.3) is 11.3 Å². The minimum atomic E-state index is -1.54. The monoisotopic (exact) mass is 485 g/mol. The van der Waals surface area contributed by atoms with Gasteiger partial charge in [-0.2, -0.15) is 0 Å². The lowest BCUT2D eigenvalue weighted by Crippen LogP contribution is -2.48. The summed E-state index contributed by atoms with van der Waals surface area (Å²) in [6.07, 6.45) is 4.81. The minimum absolute atomic E-state index is 0.0854. The van der Waals surface area contributed by atoms with E-state index in [1.807, 2.05) is 6.92 Å². The van der Waals surface area contributed by atoms with Gasteiger partial charge in [-0.1, -0.05) is 23.4 Å². The van der Waals surface area contributed by atoms with Crippen molar-refractivity contribution in [1.82, 2.24) is 14.5 Å². The van der Waals surface area contributed by atoms with Crippen LogP contribution in [0.2, 0.25) is 5.02 Å². The second-order valence-corrected chi connectivity index (χ2v) is 8.92. The van der Waals surface area contributed by atoms with Crippen molar-refractivity contribution in [3.05, 3.63) is 65.6 Å². The van der Waals surface area contributed by atoms with Crippen LogP contribution in [0.15, 0.2) is 48.0 Å². The largest absolute Gasteiger partial charge is 0.388 e. The number of halogens is 4. The molecule has 3 heterocycles. The van der Waals surface area contributed by atoms with Crippen LogP contribution in [0.3, 0.4) is 0 Å². The second kappa shape index (κ2) is 9.80. The zero-order valence-corrected chi connectivity index (χ0v) is 18.4. The summed E-state index contributed by atoms with van der Waals surface area (Å²) >= 11 is 7.28. The standard InChI is InChI=1S/C21H19ClF3N3O3S/c1-11-19(9-30-11)31-21(32-14-4-13(22)5-26-6-14)18(29)8-28-7-17(27-10-28)12-2-15(23)20(25)16(24)3-12/h2-7,10-11,18-19,21,29H,8-9H2,1H3/t11?,18-,19?,21?/m0/s1. The molecule has 0 saturated carbocycles. The number of nitrogens with zero attached hydrogens (tertiary/aromatic N) is 3. The predicted octanol–water partition coefficient (Wildman–Crippen LogP) is 4.30. The maximum Gasteiger partial charge on any atom is 0.194 e. The quantitative estimate of drug-likeness (QED) is 0.291. The van der Waals surface area contributed by atoms with Gasteiger partial charge in [-0.3, -0.25) is 4.98 Å². The molecule has 170 valence electrons. The first-order valence-electron chi connectivity index (χ1n) is 9.69. The summed E-state index contributed by atoms with van der Waals surface area (Å²) in [7, 11) is 0. The maximum absolute atomic E-state index is 13.5. The van der Waals surface area contributed by atoms with Gasteiger partial charge in [0.05, 0.1) is 36.3 Å². The molecule has 1 N–H and O–H groups in total. The molecule has 2 aromatic heterocycles. The predicted molar refractivity (Wildman–Crippen MR) is 113 cm³/mol. The molecule has 4 rings (SSSR count). The van der Waals surface area contributed by atoms with Gasteiger partial charge in [0.15, 0.2) is 17.5 Å². The number of aliphatic hydroxyl groups is 1. The highest BCUT2D eigenvalue weighted by molar-refractivity contribution is 7.99. The van der Waals surface area contributed by atoms with Gasteiger partial charge in [-0.05, 0) is 25.1 Å². The van der Waals surface area contributed by atoms with Crippen LogP contribution in [0, 0.1) is 17.5 Å². The fraction of sp³-hybridized carbons (Fsp3) is 0.333. The molecule has 0 radical (unpaired) electrons. The van der Waals surface area contributed by atoms with Crippen molar-refractivity contribution in [2.24, 2.45) is 0 Å². The van der Waals surface area contributed by atoms with E-state index in [0.29, 0.717) is 11.6 Å². The van der Waals surface area contributed by atoms with Gasteiger partial charge in [-0.25, -0.2) is 18.2 Å². The summed E-state index contributed by atoms with van der Waals surface area (Å²) in [5, 5.41) is 11.4. The molecule has 0 amide bonds. The van der Waals surface area contributed by atoms with Crippen LogP contribution in [0.5, 0.6) is 0 Å². The Morgan fingerprint density at radius 3 is 2.66 bits per heavy atom. The molecule has 0 bridgehead atoms. The van der Waals surface area contributed by atoms with Gasteiger partial charge in [0.25, 0.3) is 0 Å². The number of ether oxygens (including phenoxy) is 2. The first kappa shape index (κ1) is 23.1. The van der Waals surface area contributed by atoms with E-state index in [-0.39, 0.29) is 30.0 Å². The Bertz CT molecular complexity index is 1080. The van der Waals surface area contributed by atoms with Gasteiger partial charge < -0.3 is 19.1 Å². The maximum atomic E-state index is 13.5. The van der Waals surface area contributed by atoms with Crippen molar-refractivity contribution in [3.8, 4) is 11.3 Å². The highest BCUT2D eigenvalue weighted by Crippen LogP contribution is 2.32. The van der Waals surface area contributed by atoms with Crippen molar-refractivity contribution in [3.63, 3.8) is 0 Å². The Labute approximate surface area is 191 Å². The number of thioether (sulfide) groups is 1. The number of imidazole rings is 1. The Kier molecular flexibility index (Phi) is 7.06. The van der Waals surface area contributed by atoms with Gasteiger partial charge >= 0.3 is 0 Å². The molecule has 4 atom stereocenters. The van der Waals surface area contributed by atoms with Gasteiger partial charge in [0, 0.05) is 29.0 Å². The van der Waals surface area contributed by atoms with E-state index in [9.17, 15) is 18.3 Å². The van der Waals surface area contributed by atoms with Crippen LogP contribution >= 0.6 is 23.4 Å². The number of pyridine rings is 1. The number of aromatic nitrogens is 3. The van der Waals surface area contributed by atoms with E-state index >= 15 is 0 Å². The average Bonchev–Trinajstić information content (AvgIpc) is 3.21. The highest BCUT2D eigenvalue weighted by Gasteiger charge is 2.34. The molecule has 1 saturated heterocycles. The first-order chi connectivity index (χ1) is 15.3. The topological polar surface area (TPSA) is 69.4 Å². The Balaban J connectivity index is 1.49. The number of hydrogen-bond donors (Lipinski definition) is 1. The summed E-state index contributed by atoms with van der Waals surface area (Å²) in [5.41, 5.74) is -0.347. The molecular formula is C21H19ClF3N3O3S. The molecule has 1 aliphatic rings. The summed E-state index contributed by atoms with van der Waals surface area (Å²) in [6, 6.07) is 3.46. The molecule has 1 aliphatic heterocycles. The molecular weight excluding hydrogens is 467 g/mol. The first-order valence-corrected chi connectivity index (χ1v) is 10.9. The van der Waals surface area contributed by atoms with Crippen molar-refractivity contribution in [2.45, 2.75) is 42.1 Å². The van der Waals surface area contributed by atoms with E-state index in [1.54, 1.807) is 16.8 Å². The number of benzene rings is 1. The molecule has 32 heavy (non-hydrogen) atoms. The minimum Gasteiger partial charge on any atom is -0.388 e. The molecule has 3 unspecified atom stereocenters. The summed E-state index contributed by atoms with van der Waals surface area (Å²) in [4.78, 5) is 8.88. The zero-order valence-electron chi connectivity index (χ0n) is 16.8. The van der Waals surface area contributed by atoms with Gasteiger partial charge in [-0.15, -0.1) is 0 Å². The molecule has 1 aromatic carbocycles. The molecule has 0 aliphatic carbocycles. The summed E-state index contributed by atoms with van der Waals surface area (Å²) in [5.74, 6) is -4.14. The molecule has 6 nitrogen and oxygen atoms in total. The van der Waals surface area contributed by atoms with Crippen LogP contribution < -0.4 is 0 Å². The van der Waals surface area contributed by atoms with Crippen LogP contribution in [0.1, 0.15) is 6.92 Å². The molecule has 0 spiro atoms. The summed E-state index contributed by atoms with van der Waals surface area (Å²) in [6.45, 7) is 2.40. The highest BCUT2D eigenvalue weighted by atomic mass is 35.5. The number of rotatable bonds is 8. The third-order valence-electron chi connectivity index (χ3n) is 4.91. The van der Waals surface area contributed by atoms with Gasteiger partial charge in [0.2, 0.25) is 0 Å². The third-order valence-corrected chi connectivity index (χ3v) is 6.27. The lowest BCUT2D eigenvalue weighted by Gasteiger charge is -2.37. The fourth-order valence-corrected chi connectivity index (χ4v) is 4.36. The third kappa shape index (κ3) is 5.26. The second-order valence-electron chi connectivity index (χ2n) is 7.32. The zero-order chi connectivity index (χ0) is 22.8. The van der Waals surface area contributed by atoms with Crippen LogP contribution in [-0.4, -0.2) is 50.0 Å². The molecule has 11 heteroatoms. The fourth-order valence-electron chi connectivity index (χ4n) is 3.09. The Morgan fingerprint density at radius 1 is 1.28 bits per heavy atom. The van der Waals surface area contributed by atoms with Crippen LogP contribution in [-0.2, 0) is 16.0 Å². The smallest absolute Gasteiger partial charge is 0.194 e. The molecule has 3 aromatic rings. The van der Waals surface area contributed by atoms with Gasteiger partial charge in [0.1, 0.15) is 17.6 Å². The molecule has 1 fully saturated rings. The van der Waals surface area contributed by atoms with E-state index in [4.69, 9.17) is 21.1 Å². The lowest BCUT2D eigenvalue weighted by molar-refractivity contribution is -0.196. The number of aliphatic hydroxyl groups excluding tert-OH is 1. The average molecular weight is 486 g/mol. The van der Waals surface area contributed by atoms with Crippen molar-refractivity contribution in [1.29, 1.82) is 0 Å². The Morgan fingerprint density at radius 2 is 2.03 bits per heavy atom. The van der Waals surface area contributed by atoms with E-state index in [0.717, 1.165) is 17.0 Å². The summed E-state index contributed by atoms with van der Waals surface area (Å²) < 4.78 is 53.3. The van der Waals surface area contributed by atoms with Crippen molar-refractivity contribution >= 4 is 23.4 Å². The van der Waals surface area contributed by atoms with E-state index in [2.05, 4.69) is 9.97 Å².